The second-order valence-corrected chi connectivity index (χ2v) is 5.24. The minimum absolute atomic E-state index is 0.257. The van der Waals surface area contributed by atoms with E-state index in [0.717, 1.165) is 4.68 Å². The van der Waals surface area contributed by atoms with Gasteiger partial charge in [-0.3, -0.25) is 0 Å². The molecule has 3 nitrogen and oxygen atoms in total. The summed E-state index contributed by atoms with van der Waals surface area (Å²) in [5.74, 6) is -1.31. The van der Waals surface area contributed by atoms with Crippen LogP contribution in [0.15, 0.2) is 61.2 Å². The normalized spacial score (nSPS) is 13.8. The van der Waals surface area contributed by atoms with Gasteiger partial charge in [0.1, 0.15) is 18.5 Å². The highest BCUT2D eigenvalue weighted by Crippen LogP contribution is 2.37. The molecule has 0 N–H and O–H groups in total. The average Bonchev–Trinajstić information content (AvgIpc) is 3.05. The van der Waals surface area contributed by atoms with Gasteiger partial charge >= 0.3 is 0 Å². The summed E-state index contributed by atoms with van der Waals surface area (Å²) in [7, 11) is 0. The summed E-state index contributed by atoms with van der Waals surface area (Å²) in [5.41, 5.74) is 0.866. The first kappa shape index (κ1) is 14.7. The van der Waals surface area contributed by atoms with Crippen molar-refractivity contribution in [2.45, 2.75) is 12.2 Å². The molecule has 2 unspecified atom stereocenters. The van der Waals surface area contributed by atoms with Gasteiger partial charge in [-0.2, -0.15) is 5.10 Å². The summed E-state index contributed by atoms with van der Waals surface area (Å²) < 4.78 is 30.2. The van der Waals surface area contributed by atoms with E-state index < -0.39 is 18.0 Å². The Labute approximate surface area is 131 Å². The van der Waals surface area contributed by atoms with E-state index in [2.05, 4.69) is 10.1 Å². The van der Waals surface area contributed by atoms with E-state index in [-0.39, 0.29) is 5.56 Å². The molecule has 22 heavy (non-hydrogen) atoms. The number of rotatable bonds is 4. The molecule has 0 aliphatic carbocycles. The Hall–Kier alpha value is -2.27. The van der Waals surface area contributed by atoms with Gasteiger partial charge in [0.25, 0.3) is 0 Å². The molecule has 6 heteroatoms. The number of benzene rings is 2. The summed E-state index contributed by atoms with van der Waals surface area (Å²) >= 11 is 5.88. The SMILES string of the molecule is Fc1ccccc1C(c1ccc(Cl)cc1)C(F)n1cncn1. The lowest BCUT2D eigenvalue weighted by molar-refractivity contribution is 0.192. The Balaban J connectivity index is 2.10. The lowest BCUT2D eigenvalue weighted by Gasteiger charge is -2.22. The molecule has 0 radical (unpaired) electrons. The van der Waals surface area contributed by atoms with Crippen molar-refractivity contribution in [1.29, 1.82) is 0 Å². The van der Waals surface area contributed by atoms with Crippen LogP contribution >= 0.6 is 11.6 Å². The molecule has 0 saturated heterocycles. The molecular weight excluding hydrogens is 308 g/mol. The fourth-order valence-electron chi connectivity index (χ4n) is 2.38. The van der Waals surface area contributed by atoms with Crippen LogP contribution in [0, 0.1) is 5.82 Å². The molecule has 2 atom stereocenters. The van der Waals surface area contributed by atoms with E-state index >= 15 is 0 Å². The van der Waals surface area contributed by atoms with Crippen molar-refractivity contribution < 1.29 is 8.78 Å². The number of hydrogen-bond acceptors (Lipinski definition) is 2. The molecule has 2 aromatic carbocycles. The first-order valence-corrected chi connectivity index (χ1v) is 7.02. The van der Waals surface area contributed by atoms with Crippen molar-refractivity contribution >= 4 is 11.6 Å². The highest BCUT2D eigenvalue weighted by atomic mass is 35.5. The van der Waals surface area contributed by atoms with Gasteiger partial charge in [0.05, 0.1) is 5.92 Å². The predicted octanol–water partition coefficient (Wildman–Crippen LogP) is 4.37. The minimum Gasteiger partial charge on any atom is -0.223 e. The molecule has 0 saturated carbocycles. The summed E-state index contributed by atoms with van der Waals surface area (Å²) in [4.78, 5) is 3.75. The number of alkyl halides is 1. The zero-order chi connectivity index (χ0) is 15.5. The number of halogens is 3. The van der Waals surface area contributed by atoms with E-state index in [1.807, 2.05) is 0 Å². The van der Waals surface area contributed by atoms with E-state index in [4.69, 9.17) is 11.6 Å². The molecule has 0 spiro atoms. The largest absolute Gasteiger partial charge is 0.223 e. The van der Waals surface area contributed by atoms with E-state index in [9.17, 15) is 8.78 Å². The highest BCUT2D eigenvalue weighted by Gasteiger charge is 2.29. The van der Waals surface area contributed by atoms with Gasteiger partial charge in [0.2, 0.25) is 6.30 Å². The van der Waals surface area contributed by atoms with E-state index in [1.165, 1.54) is 18.7 Å². The zero-order valence-electron chi connectivity index (χ0n) is 11.4. The van der Waals surface area contributed by atoms with Crippen molar-refractivity contribution in [2.75, 3.05) is 0 Å². The number of nitrogens with zero attached hydrogens (tertiary/aromatic N) is 3. The molecule has 0 amide bonds. The van der Waals surface area contributed by atoms with Crippen LogP contribution in [0.2, 0.25) is 5.02 Å². The predicted molar refractivity (Wildman–Crippen MR) is 79.9 cm³/mol. The summed E-state index contributed by atoms with van der Waals surface area (Å²) in [5, 5.41) is 4.35. The Kier molecular flexibility index (Phi) is 4.15. The number of aromatic nitrogens is 3. The molecular formula is C16H12ClF2N3. The van der Waals surface area contributed by atoms with Crippen molar-refractivity contribution in [1.82, 2.24) is 14.8 Å². The first-order chi connectivity index (χ1) is 10.7. The van der Waals surface area contributed by atoms with Crippen LogP contribution in [0.1, 0.15) is 23.3 Å². The molecule has 112 valence electrons. The van der Waals surface area contributed by atoms with Gasteiger partial charge in [0, 0.05) is 10.6 Å². The molecule has 0 aliphatic rings. The molecule has 1 heterocycles. The van der Waals surface area contributed by atoms with Gasteiger partial charge < -0.3 is 0 Å². The maximum absolute atomic E-state index is 14.9. The van der Waals surface area contributed by atoms with Gasteiger partial charge in [-0.1, -0.05) is 41.9 Å². The van der Waals surface area contributed by atoms with E-state index in [0.29, 0.717) is 10.6 Å². The maximum atomic E-state index is 14.9. The Morgan fingerprint density at radius 1 is 1.05 bits per heavy atom. The Bertz CT molecular complexity index is 744. The zero-order valence-corrected chi connectivity index (χ0v) is 12.2. The van der Waals surface area contributed by atoms with Crippen LogP contribution in [0.25, 0.3) is 0 Å². The van der Waals surface area contributed by atoms with Crippen molar-refractivity contribution in [3.63, 3.8) is 0 Å². The molecule has 0 aliphatic heterocycles. The topological polar surface area (TPSA) is 30.7 Å². The van der Waals surface area contributed by atoms with E-state index in [1.54, 1.807) is 42.5 Å². The summed E-state index contributed by atoms with van der Waals surface area (Å²) in [6.45, 7) is 0. The van der Waals surface area contributed by atoms with Gasteiger partial charge in [0.15, 0.2) is 0 Å². The van der Waals surface area contributed by atoms with Crippen molar-refractivity contribution in [2.24, 2.45) is 0 Å². The van der Waals surface area contributed by atoms with Gasteiger partial charge in [-0.15, -0.1) is 0 Å². The maximum Gasteiger partial charge on any atom is 0.204 e. The first-order valence-electron chi connectivity index (χ1n) is 6.65. The highest BCUT2D eigenvalue weighted by molar-refractivity contribution is 6.30. The standard InChI is InChI=1S/C16H12ClF2N3/c17-12-7-5-11(6-8-12)15(13-3-1-2-4-14(13)18)16(19)22-10-20-9-21-22/h1-10,15-16H. The van der Waals surface area contributed by atoms with Crippen molar-refractivity contribution in [3.05, 3.63) is 83.2 Å². The van der Waals surface area contributed by atoms with Crippen LogP contribution in [0.3, 0.4) is 0 Å². The summed E-state index contributed by atoms with van der Waals surface area (Å²) in [6.07, 6.45) is 0.932. The second-order valence-electron chi connectivity index (χ2n) is 4.80. The number of hydrogen-bond donors (Lipinski definition) is 0. The second kappa shape index (κ2) is 6.23. The third-order valence-corrected chi connectivity index (χ3v) is 3.69. The quantitative estimate of drug-likeness (QED) is 0.715. The average molecular weight is 320 g/mol. The lowest BCUT2D eigenvalue weighted by atomic mass is 9.90. The molecule has 0 bridgehead atoms. The lowest BCUT2D eigenvalue weighted by Crippen LogP contribution is -2.17. The van der Waals surface area contributed by atoms with Crippen LogP contribution in [0.5, 0.6) is 0 Å². The molecule has 3 rings (SSSR count). The van der Waals surface area contributed by atoms with Crippen molar-refractivity contribution in [3.8, 4) is 0 Å². The fraction of sp³-hybridized carbons (Fsp3) is 0.125. The van der Waals surface area contributed by atoms with Gasteiger partial charge in [-0.25, -0.2) is 18.4 Å². The van der Waals surface area contributed by atoms with Crippen LogP contribution in [-0.4, -0.2) is 14.8 Å². The third-order valence-electron chi connectivity index (χ3n) is 3.43. The third kappa shape index (κ3) is 2.85. The minimum atomic E-state index is -1.58. The molecule has 3 aromatic rings. The van der Waals surface area contributed by atoms with Crippen LogP contribution < -0.4 is 0 Å². The Morgan fingerprint density at radius 2 is 1.77 bits per heavy atom. The monoisotopic (exact) mass is 319 g/mol. The fourth-order valence-corrected chi connectivity index (χ4v) is 2.51. The molecule has 0 fully saturated rings. The Morgan fingerprint density at radius 3 is 2.41 bits per heavy atom. The van der Waals surface area contributed by atoms with Crippen LogP contribution in [0.4, 0.5) is 8.78 Å². The van der Waals surface area contributed by atoms with Crippen LogP contribution in [-0.2, 0) is 0 Å². The smallest absolute Gasteiger partial charge is 0.204 e. The molecule has 1 aromatic heterocycles. The summed E-state index contributed by atoms with van der Waals surface area (Å²) in [6, 6.07) is 12.8. The van der Waals surface area contributed by atoms with Gasteiger partial charge in [-0.05, 0) is 23.8 Å².